The summed E-state index contributed by atoms with van der Waals surface area (Å²) in [5, 5.41) is 3.85. The first kappa shape index (κ1) is 24.9. The molecule has 0 fully saturated rings. The Bertz CT molecular complexity index is 1220. The standard InChI is InChI=1S/C22H20F5N3O4/c1-4-33-19(31)21(2,3)34-18-16(23)9-13(10-17(18)24)11-30-20(32)29(12-28-30)15-7-5-14(6-8-15)22(25,26)27/h5-10,12H,4,11H2,1-3H3. The topological polar surface area (TPSA) is 75.3 Å². The number of hydrogen-bond acceptors (Lipinski definition) is 5. The number of halogens is 5. The molecule has 3 rings (SSSR count). The van der Waals surface area contributed by atoms with Crippen molar-refractivity contribution in [2.45, 2.75) is 39.1 Å². The molecule has 1 heterocycles. The monoisotopic (exact) mass is 485 g/mol. The van der Waals surface area contributed by atoms with E-state index >= 15 is 0 Å². The van der Waals surface area contributed by atoms with Gasteiger partial charge in [0.2, 0.25) is 0 Å². The Morgan fingerprint density at radius 3 is 2.18 bits per heavy atom. The van der Waals surface area contributed by atoms with Gasteiger partial charge in [-0.05, 0) is 62.7 Å². The molecule has 0 atom stereocenters. The van der Waals surface area contributed by atoms with Gasteiger partial charge < -0.3 is 9.47 Å². The zero-order chi connectivity index (χ0) is 25.3. The Balaban J connectivity index is 1.83. The van der Waals surface area contributed by atoms with Crippen LogP contribution in [-0.4, -0.2) is 32.5 Å². The highest BCUT2D eigenvalue weighted by Gasteiger charge is 2.34. The average Bonchev–Trinajstić information content (AvgIpc) is 3.10. The van der Waals surface area contributed by atoms with Crippen LogP contribution in [0.2, 0.25) is 0 Å². The van der Waals surface area contributed by atoms with Gasteiger partial charge in [0.25, 0.3) is 0 Å². The van der Waals surface area contributed by atoms with Gasteiger partial charge in [-0.2, -0.15) is 18.3 Å². The quantitative estimate of drug-likeness (QED) is 0.372. The van der Waals surface area contributed by atoms with Crippen LogP contribution in [0.4, 0.5) is 22.0 Å². The van der Waals surface area contributed by atoms with E-state index in [1.165, 1.54) is 13.8 Å². The molecular weight excluding hydrogens is 465 g/mol. The van der Waals surface area contributed by atoms with Crippen molar-refractivity contribution in [3.63, 3.8) is 0 Å². The summed E-state index contributed by atoms with van der Waals surface area (Å²) < 4.78 is 79.2. The first-order chi connectivity index (χ1) is 15.8. The van der Waals surface area contributed by atoms with Crippen LogP contribution < -0.4 is 10.4 Å². The molecule has 0 bridgehead atoms. The number of hydrogen-bond donors (Lipinski definition) is 0. The lowest BCUT2D eigenvalue weighted by Crippen LogP contribution is -2.40. The number of aromatic nitrogens is 3. The van der Waals surface area contributed by atoms with E-state index in [9.17, 15) is 31.5 Å². The van der Waals surface area contributed by atoms with Gasteiger partial charge in [0.05, 0.1) is 24.4 Å². The Morgan fingerprint density at radius 2 is 1.65 bits per heavy atom. The van der Waals surface area contributed by atoms with Crippen LogP contribution >= 0.6 is 0 Å². The van der Waals surface area contributed by atoms with Crippen molar-refractivity contribution in [1.29, 1.82) is 0 Å². The van der Waals surface area contributed by atoms with Crippen molar-refractivity contribution in [2.75, 3.05) is 6.61 Å². The molecule has 0 radical (unpaired) electrons. The molecule has 7 nitrogen and oxygen atoms in total. The van der Waals surface area contributed by atoms with Gasteiger partial charge in [0.15, 0.2) is 23.0 Å². The molecule has 2 aromatic carbocycles. The first-order valence-corrected chi connectivity index (χ1v) is 9.99. The molecule has 0 amide bonds. The van der Waals surface area contributed by atoms with Gasteiger partial charge in [-0.1, -0.05) is 0 Å². The maximum atomic E-state index is 14.6. The molecule has 0 N–H and O–H groups in total. The Labute approximate surface area is 190 Å². The summed E-state index contributed by atoms with van der Waals surface area (Å²) >= 11 is 0. The van der Waals surface area contributed by atoms with Gasteiger partial charge in [0.1, 0.15) is 6.33 Å². The van der Waals surface area contributed by atoms with Crippen molar-refractivity contribution < 1.29 is 36.2 Å². The highest BCUT2D eigenvalue weighted by atomic mass is 19.4. The molecule has 0 saturated heterocycles. The van der Waals surface area contributed by atoms with Gasteiger partial charge in [-0.15, -0.1) is 0 Å². The smallest absolute Gasteiger partial charge is 0.416 e. The fourth-order valence-electron chi connectivity index (χ4n) is 3.01. The second-order valence-electron chi connectivity index (χ2n) is 7.71. The van der Waals surface area contributed by atoms with E-state index < -0.39 is 46.4 Å². The summed E-state index contributed by atoms with van der Waals surface area (Å²) in [6, 6.07) is 5.69. The predicted octanol–water partition coefficient (Wildman–Crippen LogP) is 4.10. The van der Waals surface area contributed by atoms with Crippen LogP contribution in [0.15, 0.2) is 47.5 Å². The maximum absolute atomic E-state index is 14.6. The number of carbonyl (C=O) groups is 1. The minimum atomic E-state index is -4.52. The zero-order valence-electron chi connectivity index (χ0n) is 18.3. The summed E-state index contributed by atoms with van der Waals surface area (Å²) in [6.45, 7) is 3.90. The van der Waals surface area contributed by atoms with Gasteiger partial charge in [-0.3, -0.25) is 0 Å². The largest absolute Gasteiger partial charge is 0.470 e. The zero-order valence-corrected chi connectivity index (χ0v) is 18.3. The summed E-state index contributed by atoms with van der Waals surface area (Å²) in [5.74, 6) is -3.81. The van der Waals surface area contributed by atoms with E-state index in [0.29, 0.717) is 0 Å². The third kappa shape index (κ3) is 5.26. The average molecular weight is 485 g/mol. The molecule has 0 aliphatic rings. The molecule has 182 valence electrons. The van der Waals surface area contributed by atoms with E-state index in [1.54, 1.807) is 6.92 Å². The number of esters is 1. The molecule has 12 heteroatoms. The lowest BCUT2D eigenvalue weighted by molar-refractivity contribution is -0.159. The van der Waals surface area contributed by atoms with Gasteiger partial charge in [0, 0.05) is 0 Å². The third-order valence-electron chi connectivity index (χ3n) is 4.72. The SMILES string of the molecule is CCOC(=O)C(C)(C)Oc1c(F)cc(Cn2ncn(-c3ccc(C(F)(F)F)cc3)c2=O)cc1F. The molecule has 0 aliphatic carbocycles. The highest BCUT2D eigenvalue weighted by molar-refractivity contribution is 5.79. The minimum Gasteiger partial charge on any atom is -0.470 e. The fourth-order valence-corrected chi connectivity index (χ4v) is 3.01. The van der Waals surface area contributed by atoms with Crippen LogP contribution in [0.5, 0.6) is 5.75 Å². The molecule has 0 aliphatic heterocycles. The van der Waals surface area contributed by atoms with Crippen LogP contribution in [-0.2, 0) is 22.3 Å². The molecule has 1 aromatic heterocycles. The van der Waals surface area contributed by atoms with E-state index in [4.69, 9.17) is 9.47 Å². The maximum Gasteiger partial charge on any atom is 0.416 e. The minimum absolute atomic E-state index is 0.0241. The summed E-state index contributed by atoms with van der Waals surface area (Å²) in [6.07, 6.45) is -3.44. The van der Waals surface area contributed by atoms with E-state index in [-0.39, 0.29) is 24.4 Å². The van der Waals surface area contributed by atoms with E-state index in [1.807, 2.05) is 0 Å². The third-order valence-corrected chi connectivity index (χ3v) is 4.72. The highest BCUT2D eigenvalue weighted by Crippen LogP contribution is 2.30. The van der Waals surface area contributed by atoms with Crippen molar-refractivity contribution in [3.8, 4) is 11.4 Å². The second-order valence-corrected chi connectivity index (χ2v) is 7.71. The summed E-state index contributed by atoms with van der Waals surface area (Å²) in [5.41, 5.74) is -3.11. The number of nitrogens with zero attached hydrogens (tertiary/aromatic N) is 3. The van der Waals surface area contributed by atoms with Gasteiger partial charge in [-0.25, -0.2) is 27.6 Å². The summed E-state index contributed by atoms with van der Waals surface area (Å²) in [7, 11) is 0. The van der Waals surface area contributed by atoms with Gasteiger partial charge >= 0.3 is 17.8 Å². The van der Waals surface area contributed by atoms with Crippen molar-refractivity contribution in [2.24, 2.45) is 0 Å². The number of ether oxygens (including phenoxy) is 2. The lowest BCUT2D eigenvalue weighted by Gasteiger charge is -2.24. The number of rotatable bonds is 7. The summed E-state index contributed by atoms with van der Waals surface area (Å²) in [4.78, 5) is 24.5. The number of alkyl halides is 3. The predicted molar refractivity (Wildman–Crippen MR) is 110 cm³/mol. The van der Waals surface area contributed by atoms with Crippen molar-refractivity contribution in [3.05, 3.63) is 76.0 Å². The Hall–Kier alpha value is -3.70. The first-order valence-electron chi connectivity index (χ1n) is 9.99. The molecule has 34 heavy (non-hydrogen) atoms. The van der Waals surface area contributed by atoms with E-state index in [2.05, 4.69) is 5.10 Å². The van der Waals surface area contributed by atoms with Crippen LogP contribution in [0.1, 0.15) is 31.9 Å². The molecule has 3 aromatic rings. The van der Waals surface area contributed by atoms with Crippen LogP contribution in [0, 0.1) is 11.6 Å². The van der Waals surface area contributed by atoms with Crippen molar-refractivity contribution >= 4 is 5.97 Å². The number of benzene rings is 2. The van der Waals surface area contributed by atoms with E-state index in [0.717, 1.165) is 52.0 Å². The van der Waals surface area contributed by atoms with Crippen LogP contribution in [0.25, 0.3) is 5.69 Å². The molecule has 0 saturated carbocycles. The van der Waals surface area contributed by atoms with Crippen molar-refractivity contribution in [1.82, 2.24) is 14.3 Å². The van der Waals surface area contributed by atoms with Crippen LogP contribution in [0.3, 0.4) is 0 Å². The molecule has 0 spiro atoms. The fraction of sp³-hybridized carbons (Fsp3) is 0.318. The lowest BCUT2D eigenvalue weighted by atomic mass is 10.1. The Kier molecular flexibility index (Phi) is 6.80. The molecular formula is C22H20F5N3O4. The number of carbonyl (C=O) groups excluding carboxylic acids is 1. The Morgan fingerprint density at radius 1 is 1.06 bits per heavy atom. The second kappa shape index (κ2) is 9.27. The normalized spacial score (nSPS) is 12.0. The molecule has 0 unspecified atom stereocenters.